The second-order valence-corrected chi connectivity index (χ2v) is 8.72. The molecule has 0 saturated carbocycles. The molecule has 3 aromatic rings. The Hall–Kier alpha value is -2.90. The summed E-state index contributed by atoms with van der Waals surface area (Å²) in [7, 11) is 1.78. The molecule has 2 aromatic carbocycles. The Bertz CT molecular complexity index is 1150. The summed E-state index contributed by atoms with van der Waals surface area (Å²) in [5.74, 6) is -2.49. The van der Waals surface area contributed by atoms with E-state index in [2.05, 4.69) is 5.32 Å². The third-order valence-corrected chi connectivity index (χ3v) is 7.14. The van der Waals surface area contributed by atoms with Crippen molar-refractivity contribution in [1.82, 2.24) is 4.90 Å². The first-order chi connectivity index (χ1) is 14.4. The zero-order chi connectivity index (χ0) is 21.0. The average molecular weight is 424 g/mol. The molecular weight excluding hydrogens is 406 g/mol. The molecule has 4 nitrogen and oxygen atoms in total. The van der Waals surface area contributed by atoms with Gasteiger partial charge in [0.1, 0.15) is 17.2 Å². The van der Waals surface area contributed by atoms with Crippen LogP contribution < -0.4 is 5.32 Å². The number of ketones is 1. The molecule has 0 aliphatic carbocycles. The molecule has 7 heteroatoms. The highest BCUT2D eigenvalue weighted by atomic mass is 32.1. The molecule has 152 valence electrons. The van der Waals surface area contributed by atoms with E-state index in [-0.39, 0.29) is 23.4 Å². The smallest absolute Gasteiger partial charge is 0.250 e. The van der Waals surface area contributed by atoms with E-state index in [1.807, 2.05) is 10.3 Å². The lowest BCUT2D eigenvalue weighted by Crippen LogP contribution is -2.51. The van der Waals surface area contributed by atoms with Gasteiger partial charge < -0.3 is 5.32 Å². The van der Waals surface area contributed by atoms with E-state index in [0.717, 1.165) is 5.56 Å². The lowest BCUT2D eigenvalue weighted by molar-refractivity contribution is -0.126. The minimum atomic E-state index is -1.34. The second kappa shape index (κ2) is 6.82. The third-order valence-electron chi connectivity index (χ3n) is 6.26. The number of likely N-dealkylation sites (tertiary alicyclic amines) is 1. The second-order valence-electron chi connectivity index (χ2n) is 7.77. The van der Waals surface area contributed by atoms with Crippen molar-refractivity contribution in [1.29, 1.82) is 0 Å². The number of Topliss-reactive ketones (excluding diaryl/α,β-unsaturated/α-hetero) is 1. The zero-order valence-corrected chi connectivity index (χ0v) is 16.9. The molecule has 30 heavy (non-hydrogen) atoms. The van der Waals surface area contributed by atoms with Crippen LogP contribution in [0.4, 0.5) is 14.5 Å². The number of thiophene rings is 1. The van der Waals surface area contributed by atoms with Crippen LogP contribution >= 0.6 is 11.3 Å². The zero-order valence-electron chi connectivity index (χ0n) is 16.1. The van der Waals surface area contributed by atoms with Crippen LogP contribution in [0.5, 0.6) is 0 Å². The molecule has 1 fully saturated rings. The maximum absolute atomic E-state index is 14.2. The van der Waals surface area contributed by atoms with Crippen molar-refractivity contribution in [3.8, 4) is 0 Å². The van der Waals surface area contributed by atoms with Crippen LogP contribution in [-0.4, -0.2) is 30.2 Å². The maximum atomic E-state index is 14.2. The largest absolute Gasteiger partial charge is 0.324 e. The number of nitrogens with one attached hydrogen (secondary N) is 1. The van der Waals surface area contributed by atoms with Crippen LogP contribution in [-0.2, 0) is 10.3 Å². The molecular formula is C23H18F2N2O2S. The lowest BCUT2D eigenvalue weighted by atomic mass is 9.71. The van der Waals surface area contributed by atoms with Crippen molar-refractivity contribution >= 4 is 28.7 Å². The van der Waals surface area contributed by atoms with Crippen molar-refractivity contribution in [2.45, 2.75) is 11.5 Å². The van der Waals surface area contributed by atoms with E-state index in [0.29, 0.717) is 22.7 Å². The van der Waals surface area contributed by atoms with Gasteiger partial charge in [-0.1, -0.05) is 18.2 Å². The van der Waals surface area contributed by atoms with E-state index >= 15 is 0 Å². The third kappa shape index (κ3) is 2.58. The Labute approximate surface area is 176 Å². The van der Waals surface area contributed by atoms with Gasteiger partial charge in [-0.05, 0) is 54.4 Å². The van der Waals surface area contributed by atoms with Gasteiger partial charge in [0.15, 0.2) is 5.78 Å². The van der Waals surface area contributed by atoms with Crippen LogP contribution in [0.1, 0.15) is 26.7 Å². The van der Waals surface area contributed by atoms with E-state index in [1.54, 1.807) is 31.3 Å². The molecule has 1 amide bonds. The van der Waals surface area contributed by atoms with Gasteiger partial charge in [0.2, 0.25) is 5.91 Å². The van der Waals surface area contributed by atoms with Gasteiger partial charge in [-0.25, -0.2) is 8.78 Å². The van der Waals surface area contributed by atoms with Gasteiger partial charge in [0.05, 0.1) is 10.8 Å². The minimum Gasteiger partial charge on any atom is -0.324 e. The van der Waals surface area contributed by atoms with Gasteiger partial charge in [0, 0.05) is 23.7 Å². The first kappa shape index (κ1) is 19.1. The van der Waals surface area contributed by atoms with Crippen LogP contribution in [0.3, 0.4) is 0 Å². The summed E-state index contributed by atoms with van der Waals surface area (Å²) in [6, 6.07) is 13.7. The molecule has 3 atom stereocenters. The molecule has 5 rings (SSSR count). The first-order valence-electron chi connectivity index (χ1n) is 9.59. The summed E-state index contributed by atoms with van der Waals surface area (Å²) >= 11 is 1.31. The van der Waals surface area contributed by atoms with Gasteiger partial charge in [-0.15, -0.1) is 11.3 Å². The number of nitrogens with zero attached hydrogens (tertiary/aromatic N) is 1. The molecule has 1 N–H and O–H groups in total. The highest BCUT2D eigenvalue weighted by Crippen LogP contribution is 2.55. The summed E-state index contributed by atoms with van der Waals surface area (Å²) in [6.45, 7) is 0.400. The summed E-state index contributed by atoms with van der Waals surface area (Å²) < 4.78 is 27.8. The van der Waals surface area contributed by atoms with Gasteiger partial charge in [-0.3, -0.25) is 14.5 Å². The SMILES string of the molecule is CN1C[C@H](c2ccc(F)cc2)[C@H](C(=O)c2cccs2)[C@@]12C(=O)Nc1ccc(F)cc12. The molecule has 1 aromatic heterocycles. The summed E-state index contributed by atoms with van der Waals surface area (Å²) in [5.41, 5.74) is 0.413. The predicted molar refractivity (Wildman–Crippen MR) is 111 cm³/mol. The number of benzene rings is 2. The lowest BCUT2D eigenvalue weighted by Gasteiger charge is -2.35. The van der Waals surface area contributed by atoms with Crippen LogP contribution in [0.25, 0.3) is 0 Å². The normalized spacial score (nSPS) is 25.5. The van der Waals surface area contributed by atoms with Crippen molar-refractivity contribution in [3.63, 3.8) is 0 Å². The van der Waals surface area contributed by atoms with E-state index in [4.69, 9.17) is 0 Å². The number of anilines is 1. The molecule has 0 bridgehead atoms. The first-order valence-corrected chi connectivity index (χ1v) is 10.5. The van der Waals surface area contributed by atoms with Gasteiger partial charge in [-0.2, -0.15) is 0 Å². The van der Waals surface area contributed by atoms with E-state index in [9.17, 15) is 18.4 Å². The number of likely N-dealkylation sites (N-methyl/N-ethyl adjacent to an activating group) is 1. The van der Waals surface area contributed by atoms with Crippen LogP contribution in [0, 0.1) is 17.6 Å². The van der Waals surface area contributed by atoms with Gasteiger partial charge >= 0.3 is 0 Å². The number of amides is 1. The fraction of sp³-hybridized carbons (Fsp3) is 0.217. The Kier molecular flexibility index (Phi) is 4.34. The highest BCUT2D eigenvalue weighted by Gasteiger charge is 2.64. The number of carbonyl (C=O) groups is 2. The Morgan fingerprint density at radius 2 is 1.87 bits per heavy atom. The molecule has 0 radical (unpaired) electrons. The van der Waals surface area contributed by atoms with Crippen LogP contribution in [0.15, 0.2) is 60.0 Å². The number of halogens is 2. The summed E-state index contributed by atoms with van der Waals surface area (Å²) in [6.07, 6.45) is 0. The molecule has 2 aliphatic heterocycles. The number of carbonyl (C=O) groups excluding carboxylic acids is 2. The minimum absolute atomic E-state index is 0.170. The van der Waals surface area contributed by atoms with Crippen molar-refractivity contribution in [2.75, 3.05) is 18.9 Å². The summed E-state index contributed by atoms with van der Waals surface area (Å²) in [4.78, 5) is 29.5. The number of hydrogen-bond donors (Lipinski definition) is 1. The number of rotatable bonds is 3. The Balaban J connectivity index is 1.74. The van der Waals surface area contributed by atoms with Crippen molar-refractivity contribution in [3.05, 3.63) is 87.6 Å². The fourth-order valence-corrected chi connectivity index (χ4v) is 5.70. The quantitative estimate of drug-likeness (QED) is 0.634. The predicted octanol–water partition coefficient (Wildman–Crippen LogP) is 4.40. The summed E-state index contributed by atoms with van der Waals surface area (Å²) in [5, 5.41) is 4.66. The Morgan fingerprint density at radius 1 is 1.13 bits per heavy atom. The highest BCUT2D eigenvalue weighted by molar-refractivity contribution is 7.12. The molecule has 1 spiro atoms. The standard InChI is InChI=1S/C23H18F2N2O2S/c1-27-12-16(13-4-6-14(24)7-5-13)20(21(28)19-3-2-10-30-19)23(27)17-11-15(25)8-9-18(17)26-22(23)29/h2-11,16,20H,12H2,1H3,(H,26,29)/t16-,20-,23+/m1/s1. The van der Waals surface area contributed by atoms with E-state index < -0.39 is 17.3 Å². The molecule has 0 unspecified atom stereocenters. The number of hydrogen-bond acceptors (Lipinski definition) is 4. The molecule has 2 aliphatic rings. The molecule has 3 heterocycles. The van der Waals surface area contributed by atoms with E-state index in [1.165, 1.54) is 41.7 Å². The Morgan fingerprint density at radius 3 is 2.57 bits per heavy atom. The topological polar surface area (TPSA) is 49.4 Å². The van der Waals surface area contributed by atoms with Crippen molar-refractivity contribution < 1.29 is 18.4 Å². The van der Waals surface area contributed by atoms with Crippen LogP contribution in [0.2, 0.25) is 0 Å². The van der Waals surface area contributed by atoms with Gasteiger partial charge in [0.25, 0.3) is 0 Å². The average Bonchev–Trinajstić information content (AvgIpc) is 3.42. The van der Waals surface area contributed by atoms with Crippen molar-refractivity contribution in [2.24, 2.45) is 5.92 Å². The molecule has 1 saturated heterocycles. The fourth-order valence-electron chi connectivity index (χ4n) is 4.99. The maximum Gasteiger partial charge on any atom is 0.250 e. The monoisotopic (exact) mass is 424 g/mol. The number of fused-ring (bicyclic) bond motifs is 2.